The second-order valence-electron chi connectivity index (χ2n) is 8.50. The number of aromatic carboxylic acids is 1. The van der Waals surface area contributed by atoms with E-state index in [-0.39, 0.29) is 33.5 Å². The van der Waals surface area contributed by atoms with E-state index < -0.39 is 29.2 Å². The largest absolute Gasteiger partial charge is 0.504 e. The summed E-state index contributed by atoms with van der Waals surface area (Å²) in [5.74, 6) is -5.05. The summed E-state index contributed by atoms with van der Waals surface area (Å²) in [7, 11) is 1.81. The van der Waals surface area contributed by atoms with E-state index in [9.17, 15) is 14.3 Å². The summed E-state index contributed by atoms with van der Waals surface area (Å²) in [4.78, 5) is 29.8. The van der Waals surface area contributed by atoms with Gasteiger partial charge in [-0.15, -0.1) is 0 Å². The minimum atomic E-state index is -1.27. The summed E-state index contributed by atoms with van der Waals surface area (Å²) in [6, 6.07) is 10.4. The van der Waals surface area contributed by atoms with Gasteiger partial charge in [-0.05, 0) is 42.1 Å². The van der Waals surface area contributed by atoms with Crippen LogP contribution in [0.15, 0.2) is 70.0 Å². The summed E-state index contributed by atoms with van der Waals surface area (Å²) < 4.78 is 41.4. The molecule has 41 heavy (non-hydrogen) atoms. The Morgan fingerprint density at radius 2 is 1.85 bits per heavy atom. The van der Waals surface area contributed by atoms with E-state index >= 15 is 4.39 Å². The molecule has 1 aliphatic rings. The van der Waals surface area contributed by atoms with Crippen molar-refractivity contribution < 1.29 is 33.3 Å². The number of carboxylic acids is 1. The zero-order valence-electron chi connectivity index (χ0n) is 21.1. The van der Waals surface area contributed by atoms with Crippen LogP contribution in [0.4, 0.5) is 8.78 Å². The zero-order chi connectivity index (χ0) is 29.1. The van der Waals surface area contributed by atoms with Crippen molar-refractivity contribution in [3.63, 3.8) is 0 Å². The average Bonchev–Trinajstić information content (AvgIpc) is 3.40. The maximum atomic E-state index is 15.5. The van der Waals surface area contributed by atoms with Crippen LogP contribution in [0.1, 0.15) is 21.5 Å². The number of phenolic OH excluding ortho intramolecular Hbond substituents is 1. The third kappa shape index (κ3) is 5.85. The number of aromatic hydroxyl groups is 1. The van der Waals surface area contributed by atoms with Crippen molar-refractivity contribution in [1.29, 1.82) is 5.26 Å². The van der Waals surface area contributed by atoms with Gasteiger partial charge < -0.3 is 24.6 Å². The Balaban J connectivity index is 1.48. The number of nitrogens with zero attached hydrogens (tertiary/aromatic N) is 6. The highest BCUT2D eigenvalue weighted by atomic mass is 32.2. The lowest BCUT2D eigenvalue weighted by molar-refractivity contribution is 0.0695. The Hall–Kier alpha value is -5.29. The molecular formula is C27H18F2N6O5S. The Morgan fingerprint density at radius 1 is 1.07 bits per heavy atom. The van der Waals surface area contributed by atoms with Crippen LogP contribution >= 0.6 is 11.8 Å². The number of likely N-dealkylation sites (N-methyl/N-ethyl adjacent to an activating group) is 1. The SMILES string of the molecule is CN1CCN=C1c1cc(Sc2ncc(C(=O)O)cn2)ccc1Oc1c(F)cnc(Oc2cc(C#N)ccc2O)c1F. The molecule has 0 unspecified atom stereocenters. The minimum absolute atomic E-state index is 0.0570. The Kier molecular flexibility index (Phi) is 7.61. The summed E-state index contributed by atoms with van der Waals surface area (Å²) in [5, 5.41) is 28.5. The molecular weight excluding hydrogens is 558 g/mol. The van der Waals surface area contributed by atoms with E-state index in [4.69, 9.17) is 19.8 Å². The number of hydrogen-bond acceptors (Lipinski definition) is 11. The molecule has 1 aliphatic heterocycles. The van der Waals surface area contributed by atoms with E-state index in [1.807, 2.05) is 18.0 Å². The van der Waals surface area contributed by atoms with Crippen LogP contribution in [0, 0.1) is 23.0 Å². The molecule has 0 saturated carbocycles. The fourth-order valence-electron chi connectivity index (χ4n) is 3.72. The lowest BCUT2D eigenvalue weighted by Gasteiger charge is -2.19. The van der Waals surface area contributed by atoms with Crippen molar-refractivity contribution in [3.05, 3.63) is 83.3 Å². The first-order valence-electron chi connectivity index (χ1n) is 11.8. The topological polar surface area (TPSA) is 154 Å². The summed E-state index contributed by atoms with van der Waals surface area (Å²) in [6.45, 7) is 1.12. The van der Waals surface area contributed by atoms with Gasteiger partial charge in [-0.3, -0.25) is 4.99 Å². The van der Waals surface area contributed by atoms with Crippen molar-refractivity contribution in [2.24, 2.45) is 4.99 Å². The van der Waals surface area contributed by atoms with Gasteiger partial charge in [0.2, 0.25) is 11.6 Å². The number of amidine groups is 1. The second-order valence-corrected chi connectivity index (χ2v) is 9.54. The lowest BCUT2D eigenvalue weighted by atomic mass is 10.1. The molecule has 5 rings (SSSR count). The normalized spacial score (nSPS) is 12.5. The van der Waals surface area contributed by atoms with Gasteiger partial charge in [0.05, 0.1) is 35.5 Å². The third-order valence-corrected chi connectivity index (χ3v) is 6.62. The number of halogens is 2. The van der Waals surface area contributed by atoms with Crippen LogP contribution in [0.25, 0.3) is 0 Å². The molecule has 0 amide bonds. The number of phenols is 1. The molecule has 0 fully saturated rings. The first-order valence-corrected chi connectivity index (χ1v) is 12.6. The number of benzene rings is 2. The maximum Gasteiger partial charge on any atom is 0.338 e. The smallest absolute Gasteiger partial charge is 0.338 e. The minimum Gasteiger partial charge on any atom is -0.504 e. The first kappa shape index (κ1) is 27.3. The summed E-state index contributed by atoms with van der Waals surface area (Å²) >= 11 is 1.14. The number of carboxylic acid groups (broad SMARTS) is 1. The van der Waals surface area contributed by atoms with E-state index in [1.54, 1.807) is 12.1 Å². The van der Waals surface area contributed by atoms with Crippen molar-refractivity contribution in [1.82, 2.24) is 19.9 Å². The summed E-state index contributed by atoms with van der Waals surface area (Å²) in [6.07, 6.45) is 3.09. The van der Waals surface area contributed by atoms with Crippen LogP contribution in [0.2, 0.25) is 0 Å². The van der Waals surface area contributed by atoms with Crippen molar-refractivity contribution in [2.45, 2.75) is 10.1 Å². The highest BCUT2D eigenvalue weighted by Crippen LogP contribution is 2.39. The number of carbonyl (C=O) groups is 1. The van der Waals surface area contributed by atoms with Gasteiger partial charge >= 0.3 is 5.97 Å². The molecule has 2 aromatic heterocycles. The van der Waals surface area contributed by atoms with Crippen molar-refractivity contribution in [3.8, 4) is 34.9 Å². The molecule has 0 bridgehead atoms. The fraction of sp³-hybridized carbons (Fsp3) is 0.111. The lowest BCUT2D eigenvalue weighted by Crippen LogP contribution is -2.24. The van der Waals surface area contributed by atoms with Crippen molar-refractivity contribution in [2.75, 3.05) is 20.1 Å². The predicted molar refractivity (Wildman–Crippen MR) is 141 cm³/mol. The Bertz CT molecular complexity index is 1730. The van der Waals surface area contributed by atoms with Crippen LogP contribution in [-0.4, -0.2) is 62.0 Å². The molecule has 2 aromatic carbocycles. The van der Waals surface area contributed by atoms with Gasteiger partial charge in [0.25, 0.3) is 5.88 Å². The third-order valence-electron chi connectivity index (χ3n) is 5.74. The van der Waals surface area contributed by atoms with Crippen molar-refractivity contribution >= 4 is 23.6 Å². The Morgan fingerprint density at radius 3 is 2.54 bits per heavy atom. The molecule has 3 heterocycles. The van der Waals surface area contributed by atoms with E-state index in [0.29, 0.717) is 35.6 Å². The Labute approximate surface area is 235 Å². The number of rotatable bonds is 8. The molecule has 206 valence electrons. The van der Waals surface area contributed by atoms with Gasteiger partial charge in [0.15, 0.2) is 22.5 Å². The standard InChI is InChI=1S/C27H18F2N6O5S/c1-35-7-6-31-24(35)17-9-16(41-27-33-11-15(12-34-27)26(37)38)3-5-20(17)39-23-18(28)13-32-25(22(23)29)40-21-8-14(10-30)2-4-19(21)36/h2-5,8-9,11-13,36H,6-7H2,1H3,(H,37,38). The average molecular weight is 577 g/mol. The van der Waals surface area contributed by atoms with Gasteiger partial charge in [0.1, 0.15) is 11.6 Å². The van der Waals surface area contributed by atoms with Crippen LogP contribution < -0.4 is 9.47 Å². The number of ether oxygens (including phenoxy) is 2. The van der Waals surface area contributed by atoms with E-state index in [1.165, 1.54) is 36.7 Å². The monoisotopic (exact) mass is 576 g/mol. The zero-order valence-corrected chi connectivity index (χ0v) is 21.9. The van der Waals surface area contributed by atoms with Crippen LogP contribution in [0.5, 0.6) is 28.9 Å². The van der Waals surface area contributed by atoms with E-state index in [0.717, 1.165) is 11.8 Å². The number of hydrogen-bond donors (Lipinski definition) is 2. The molecule has 2 N–H and O–H groups in total. The number of aromatic nitrogens is 3. The van der Waals surface area contributed by atoms with E-state index in [2.05, 4.69) is 19.9 Å². The molecule has 0 spiro atoms. The molecule has 4 aromatic rings. The first-order chi connectivity index (χ1) is 19.7. The molecule has 14 heteroatoms. The quantitative estimate of drug-likeness (QED) is 0.277. The van der Waals surface area contributed by atoms with Gasteiger partial charge in [-0.1, -0.05) is 0 Å². The number of nitriles is 1. The molecule has 11 nitrogen and oxygen atoms in total. The highest BCUT2D eigenvalue weighted by molar-refractivity contribution is 7.99. The summed E-state index contributed by atoms with van der Waals surface area (Å²) in [5.41, 5.74) is 0.511. The van der Waals surface area contributed by atoms with Gasteiger partial charge in [0, 0.05) is 36.9 Å². The fourth-order valence-corrected chi connectivity index (χ4v) is 4.46. The molecule has 0 radical (unpaired) electrons. The number of aliphatic imine (C=N–C) groups is 1. The van der Waals surface area contributed by atoms with Gasteiger partial charge in [-0.25, -0.2) is 24.1 Å². The second kappa shape index (κ2) is 11.4. The van der Waals surface area contributed by atoms with Crippen LogP contribution in [-0.2, 0) is 0 Å². The maximum absolute atomic E-state index is 15.5. The predicted octanol–water partition coefficient (Wildman–Crippen LogP) is 4.85. The molecule has 0 saturated heterocycles. The number of pyridine rings is 1. The molecule has 0 atom stereocenters. The molecule has 0 aliphatic carbocycles. The van der Waals surface area contributed by atoms with Gasteiger partial charge in [-0.2, -0.15) is 9.65 Å². The highest BCUT2D eigenvalue weighted by Gasteiger charge is 2.25. The van der Waals surface area contributed by atoms with Crippen LogP contribution in [0.3, 0.4) is 0 Å².